The van der Waals surface area contributed by atoms with Gasteiger partial charge in [0, 0.05) is 16.8 Å². The van der Waals surface area contributed by atoms with Crippen LogP contribution in [0.5, 0.6) is 5.75 Å². The minimum absolute atomic E-state index is 0.267. The van der Waals surface area contributed by atoms with Crippen LogP contribution in [-0.4, -0.2) is 18.0 Å². The van der Waals surface area contributed by atoms with Crippen LogP contribution < -0.4 is 10.1 Å². The molecule has 0 bridgehead atoms. The molecule has 28 heavy (non-hydrogen) atoms. The number of hydrogen-bond donors (Lipinski definition) is 1. The predicted octanol–water partition coefficient (Wildman–Crippen LogP) is 5.66. The maximum Gasteiger partial charge on any atom is 0.255 e. The molecule has 0 aliphatic heterocycles. The molecule has 1 N–H and O–H groups in total. The molecule has 7 heteroatoms. The van der Waals surface area contributed by atoms with Crippen molar-refractivity contribution in [3.8, 4) is 17.2 Å². The highest BCUT2D eigenvalue weighted by molar-refractivity contribution is 9.10. The quantitative estimate of drug-likeness (QED) is 0.444. The number of carbonyl (C=O) groups is 1. The molecule has 0 aliphatic carbocycles. The van der Waals surface area contributed by atoms with Crippen LogP contribution in [0.2, 0.25) is 0 Å². The minimum Gasteiger partial charge on any atom is -0.496 e. The van der Waals surface area contributed by atoms with E-state index in [1.54, 1.807) is 55.6 Å². The van der Waals surface area contributed by atoms with E-state index in [9.17, 15) is 9.18 Å². The van der Waals surface area contributed by atoms with E-state index in [4.69, 9.17) is 9.15 Å². The van der Waals surface area contributed by atoms with E-state index in [1.807, 2.05) is 0 Å². The molecule has 1 aromatic heterocycles. The molecule has 0 saturated carbocycles. The van der Waals surface area contributed by atoms with E-state index in [1.165, 1.54) is 12.1 Å². The van der Waals surface area contributed by atoms with Gasteiger partial charge in [0.2, 0.25) is 5.89 Å². The van der Waals surface area contributed by atoms with E-state index in [0.29, 0.717) is 44.0 Å². The summed E-state index contributed by atoms with van der Waals surface area (Å²) in [7, 11) is 1.56. The van der Waals surface area contributed by atoms with Gasteiger partial charge in [-0.15, -0.1) is 0 Å². The fourth-order valence-corrected chi connectivity index (χ4v) is 3.30. The van der Waals surface area contributed by atoms with E-state index in [-0.39, 0.29) is 11.7 Å². The van der Waals surface area contributed by atoms with Crippen LogP contribution in [0.15, 0.2) is 69.6 Å². The molecule has 4 rings (SSSR count). The van der Waals surface area contributed by atoms with Gasteiger partial charge in [-0.2, -0.15) is 0 Å². The standard InChI is InChI=1S/C21H14BrFN2O3/c1-27-18-7-5-12(10-16(18)22)20(26)24-15-6-8-19-17(11-15)25-21(28-19)13-3-2-4-14(23)9-13/h2-11H,1H3,(H,24,26). The predicted molar refractivity (Wildman–Crippen MR) is 108 cm³/mol. The molecule has 4 aromatic rings. The lowest BCUT2D eigenvalue weighted by Crippen LogP contribution is -2.11. The molecule has 1 amide bonds. The summed E-state index contributed by atoms with van der Waals surface area (Å²) in [4.78, 5) is 16.9. The van der Waals surface area contributed by atoms with E-state index in [0.717, 1.165) is 0 Å². The molecule has 140 valence electrons. The summed E-state index contributed by atoms with van der Waals surface area (Å²) in [6.45, 7) is 0. The number of ether oxygens (including phenoxy) is 1. The van der Waals surface area contributed by atoms with Crippen molar-refractivity contribution < 1.29 is 18.3 Å². The molecule has 0 aliphatic rings. The van der Waals surface area contributed by atoms with Crippen LogP contribution in [0.1, 0.15) is 10.4 Å². The molecule has 0 atom stereocenters. The summed E-state index contributed by atoms with van der Waals surface area (Å²) in [5, 5.41) is 2.83. The second-order valence-corrected chi connectivity index (χ2v) is 6.87. The number of nitrogens with one attached hydrogen (secondary N) is 1. The molecule has 0 fully saturated rings. The Labute approximate surface area is 168 Å². The van der Waals surface area contributed by atoms with E-state index in [2.05, 4.69) is 26.2 Å². The number of aromatic nitrogens is 1. The zero-order valence-electron chi connectivity index (χ0n) is 14.7. The summed E-state index contributed by atoms with van der Waals surface area (Å²) >= 11 is 3.37. The van der Waals surface area contributed by atoms with Gasteiger partial charge in [-0.25, -0.2) is 9.37 Å². The van der Waals surface area contributed by atoms with Crippen molar-refractivity contribution in [1.29, 1.82) is 0 Å². The summed E-state index contributed by atoms with van der Waals surface area (Å²) in [5.74, 6) is 0.331. The number of fused-ring (bicyclic) bond motifs is 1. The Balaban J connectivity index is 1.59. The van der Waals surface area contributed by atoms with Crippen molar-refractivity contribution in [3.63, 3.8) is 0 Å². The van der Waals surface area contributed by atoms with Gasteiger partial charge in [-0.3, -0.25) is 4.79 Å². The normalized spacial score (nSPS) is 10.8. The third-order valence-corrected chi connectivity index (χ3v) is 4.75. The summed E-state index contributed by atoms with van der Waals surface area (Å²) in [6.07, 6.45) is 0. The maximum atomic E-state index is 13.4. The first-order valence-electron chi connectivity index (χ1n) is 8.35. The van der Waals surface area contributed by atoms with Gasteiger partial charge in [0.25, 0.3) is 5.91 Å². The number of rotatable bonds is 4. The zero-order chi connectivity index (χ0) is 19.7. The lowest BCUT2D eigenvalue weighted by Gasteiger charge is -2.07. The van der Waals surface area contributed by atoms with Crippen molar-refractivity contribution >= 4 is 38.6 Å². The number of anilines is 1. The van der Waals surface area contributed by atoms with Crippen molar-refractivity contribution in [1.82, 2.24) is 4.98 Å². The van der Waals surface area contributed by atoms with Gasteiger partial charge < -0.3 is 14.5 Å². The molecular formula is C21H14BrFN2O3. The van der Waals surface area contributed by atoms with Crippen LogP contribution in [0.3, 0.4) is 0 Å². The number of oxazole rings is 1. The lowest BCUT2D eigenvalue weighted by atomic mass is 10.2. The lowest BCUT2D eigenvalue weighted by molar-refractivity contribution is 0.102. The number of nitrogens with zero attached hydrogens (tertiary/aromatic N) is 1. The highest BCUT2D eigenvalue weighted by Gasteiger charge is 2.12. The molecule has 0 unspecified atom stereocenters. The van der Waals surface area contributed by atoms with Crippen LogP contribution in [-0.2, 0) is 0 Å². The SMILES string of the molecule is COc1ccc(C(=O)Nc2ccc3oc(-c4cccc(F)c4)nc3c2)cc1Br. The van der Waals surface area contributed by atoms with Crippen LogP contribution in [0.4, 0.5) is 10.1 Å². The van der Waals surface area contributed by atoms with Crippen molar-refractivity contribution in [3.05, 3.63) is 76.5 Å². The minimum atomic E-state index is -0.363. The smallest absolute Gasteiger partial charge is 0.255 e. The van der Waals surface area contributed by atoms with E-state index < -0.39 is 0 Å². The first-order valence-corrected chi connectivity index (χ1v) is 9.14. The highest BCUT2D eigenvalue weighted by Crippen LogP contribution is 2.28. The van der Waals surface area contributed by atoms with E-state index >= 15 is 0 Å². The largest absolute Gasteiger partial charge is 0.496 e. The summed E-state index contributed by atoms with van der Waals surface area (Å²) in [6, 6.07) is 16.2. The number of hydrogen-bond acceptors (Lipinski definition) is 4. The fraction of sp³-hybridized carbons (Fsp3) is 0.0476. The fourth-order valence-electron chi connectivity index (χ4n) is 2.76. The third kappa shape index (κ3) is 3.61. The molecule has 1 heterocycles. The maximum absolute atomic E-state index is 13.4. The molecule has 0 spiro atoms. The first-order chi connectivity index (χ1) is 13.5. The van der Waals surface area contributed by atoms with Gasteiger partial charge in [-0.05, 0) is 70.5 Å². The summed E-state index contributed by atoms with van der Waals surface area (Å²) in [5.41, 5.74) is 2.71. The average molecular weight is 441 g/mol. The van der Waals surface area contributed by atoms with Gasteiger partial charge >= 0.3 is 0 Å². The number of benzene rings is 3. The van der Waals surface area contributed by atoms with Gasteiger partial charge in [0.15, 0.2) is 5.58 Å². The Bertz CT molecular complexity index is 1190. The van der Waals surface area contributed by atoms with Gasteiger partial charge in [-0.1, -0.05) is 6.07 Å². The second-order valence-electron chi connectivity index (χ2n) is 6.02. The monoisotopic (exact) mass is 440 g/mol. The van der Waals surface area contributed by atoms with Gasteiger partial charge in [0.05, 0.1) is 11.6 Å². The molecule has 3 aromatic carbocycles. The van der Waals surface area contributed by atoms with Crippen molar-refractivity contribution in [2.45, 2.75) is 0 Å². The Morgan fingerprint density at radius 2 is 2.00 bits per heavy atom. The van der Waals surface area contributed by atoms with Crippen molar-refractivity contribution in [2.75, 3.05) is 12.4 Å². The molecular weight excluding hydrogens is 427 g/mol. The van der Waals surface area contributed by atoms with Crippen molar-refractivity contribution in [2.24, 2.45) is 0 Å². The second kappa shape index (κ2) is 7.44. The van der Waals surface area contributed by atoms with Gasteiger partial charge in [0.1, 0.15) is 17.1 Å². The number of methoxy groups -OCH3 is 1. The van der Waals surface area contributed by atoms with Crippen LogP contribution in [0.25, 0.3) is 22.6 Å². The Morgan fingerprint density at radius 3 is 2.75 bits per heavy atom. The highest BCUT2D eigenvalue weighted by atomic mass is 79.9. The Morgan fingerprint density at radius 1 is 1.14 bits per heavy atom. The molecule has 0 saturated heterocycles. The molecule has 5 nitrogen and oxygen atoms in total. The number of carbonyl (C=O) groups excluding carboxylic acids is 1. The molecule has 0 radical (unpaired) electrons. The Hall–Kier alpha value is -3.19. The number of amides is 1. The number of halogens is 2. The van der Waals surface area contributed by atoms with Crippen LogP contribution >= 0.6 is 15.9 Å². The third-order valence-electron chi connectivity index (χ3n) is 4.13. The van der Waals surface area contributed by atoms with Crippen LogP contribution in [0, 0.1) is 5.82 Å². The topological polar surface area (TPSA) is 64.4 Å². The summed E-state index contributed by atoms with van der Waals surface area (Å²) < 4.78 is 25.0. The average Bonchev–Trinajstić information content (AvgIpc) is 3.11. The first kappa shape index (κ1) is 18.2. The Kier molecular flexibility index (Phi) is 4.83. The zero-order valence-corrected chi connectivity index (χ0v) is 16.3.